The van der Waals surface area contributed by atoms with Crippen LogP contribution in [0.2, 0.25) is 0 Å². The Bertz CT molecular complexity index is 191. The van der Waals surface area contributed by atoms with E-state index in [9.17, 15) is 13.6 Å². The molecule has 2 N–H and O–H groups in total. The highest BCUT2D eigenvalue weighted by atomic mass is 19.3. The van der Waals surface area contributed by atoms with Gasteiger partial charge in [0.15, 0.2) is 0 Å². The molecule has 0 spiro atoms. The molecule has 1 rings (SSSR count). The van der Waals surface area contributed by atoms with Gasteiger partial charge in [0.2, 0.25) is 0 Å². The summed E-state index contributed by atoms with van der Waals surface area (Å²) >= 11 is 0. The number of aliphatic carboxylic acids is 1. The summed E-state index contributed by atoms with van der Waals surface area (Å²) in [5.74, 6) is -5.72. The molecule has 1 heterocycles. The third-order valence-corrected chi connectivity index (χ3v) is 2.32. The highest BCUT2D eigenvalue weighted by Crippen LogP contribution is 2.28. The Balaban J connectivity index is 2.41. The lowest BCUT2D eigenvalue weighted by Crippen LogP contribution is -2.35. The molecule has 1 saturated heterocycles. The molecule has 0 amide bonds. The largest absolute Gasteiger partial charge is 0.477 e. The molecule has 1 aliphatic heterocycles. The molecular weight excluding hydrogens is 180 g/mol. The van der Waals surface area contributed by atoms with Crippen molar-refractivity contribution in [3.8, 4) is 0 Å². The van der Waals surface area contributed by atoms with Crippen molar-refractivity contribution >= 4 is 5.97 Å². The first-order chi connectivity index (χ1) is 6.02. The number of halogens is 2. The minimum absolute atomic E-state index is 0.160. The zero-order chi connectivity index (χ0) is 9.90. The number of carbonyl (C=O) groups is 1. The van der Waals surface area contributed by atoms with E-state index in [0.29, 0.717) is 25.9 Å². The normalized spacial score (nSPS) is 20.2. The minimum Gasteiger partial charge on any atom is -0.477 e. The van der Waals surface area contributed by atoms with Crippen molar-refractivity contribution in [1.29, 1.82) is 0 Å². The Kier molecular flexibility index (Phi) is 3.19. The van der Waals surface area contributed by atoms with Crippen LogP contribution in [0.25, 0.3) is 0 Å². The van der Waals surface area contributed by atoms with Crippen LogP contribution in [-0.4, -0.2) is 30.1 Å². The van der Waals surface area contributed by atoms with Gasteiger partial charge in [-0.05, 0) is 31.8 Å². The molecule has 3 nitrogen and oxygen atoms in total. The summed E-state index contributed by atoms with van der Waals surface area (Å²) in [6.45, 7) is 1.42. The predicted octanol–water partition coefficient (Wildman–Crippen LogP) is 1.10. The van der Waals surface area contributed by atoms with Gasteiger partial charge in [0.25, 0.3) is 0 Å². The van der Waals surface area contributed by atoms with Gasteiger partial charge in [-0.15, -0.1) is 0 Å². The molecule has 0 saturated carbocycles. The lowest BCUT2D eigenvalue weighted by molar-refractivity contribution is -0.167. The number of nitrogens with one attached hydrogen (secondary N) is 1. The Labute approximate surface area is 75.1 Å². The maximum Gasteiger partial charge on any atom is 0.374 e. The van der Waals surface area contributed by atoms with Gasteiger partial charge in [0, 0.05) is 6.42 Å². The Morgan fingerprint density at radius 2 is 2.00 bits per heavy atom. The third kappa shape index (κ3) is 2.91. The first kappa shape index (κ1) is 10.4. The van der Waals surface area contributed by atoms with Crippen LogP contribution in [-0.2, 0) is 4.79 Å². The van der Waals surface area contributed by atoms with Gasteiger partial charge in [-0.1, -0.05) is 0 Å². The smallest absolute Gasteiger partial charge is 0.374 e. The van der Waals surface area contributed by atoms with E-state index in [1.54, 1.807) is 0 Å². The quantitative estimate of drug-likeness (QED) is 0.705. The average Bonchev–Trinajstić information content (AvgIpc) is 2.05. The molecule has 0 radical (unpaired) electrons. The topological polar surface area (TPSA) is 49.3 Å². The Morgan fingerprint density at radius 1 is 1.46 bits per heavy atom. The zero-order valence-electron chi connectivity index (χ0n) is 7.22. The van der Waals surface area contributed by atoms with Crippen LogP contribution in [0, 0.1) is 5.92 Å². The summed E-state index contributed by atoms with van der Waals surface area (Å²) in [5, 5.41) is 11.2. The van der Waals surface area contributed by atoms with Gasteiger partial charge in [0.1, 0.15) is 0 Å². The number of rotatable bonds is 3. The van der Waals surface area contributed by atoms with Crippen LogP contribution in [0.15, 0.2) is 0 Å². The van der Waals surface area contributed by atoms with E-state index in [-0.39, 0.29) is 5.92 Å². The number of hydrogen-bond acceptors (Lipinski definition) is 2. The molecule has 0 bridgehead atoms. The minimum atomic E-state index is -3.55. The molecule has 0 aliphatic carbocycles. The molecule has 1 aliphatic rings. The number of carboxylic acids is 1. The summed E-state index contributed by atoms with van der Waals surface area (Å²) < 4.78 is 25.4. The maximum absolute atomic E-state index is 12.7. The highest BCUT2D eigenvalue weighted by Gasteiger charge is 2.41. The summed E-state index contributed by atoms with van der Waals surface area (Å²) in [6, 6.07) is 0. The highest BCUT2D eigenvalue weighted by molar-refractivity contribution is 5.75. The van der Waals surface area contributed by atoms with Crippen molar-refractivity contribution in [2.24, 2.45) is 5.92 Å². The number of hydrogen-bond donors (Lipinski definition) is 2. The molecule has 5 heteroatoms. The first-order valence-corrected chi connectivity index (χ1v) is 4.34. The van der Waals surface area contributed by atoms with E-state index >= 15 is 0 Å². The second-order valence-corrected chi connectivity index (χ2v) is 3.41. The fraction of sp³-hybridized carbons (Fsp3) is 0.875. The summed E-state index contributed by atoms with van der Waals surface area (Å²) in [5.41, 5.74) is 0. The lowest BCUT2D eigenvalue weighted by Gasteiger charge is -2.24. The van der Waals surface area contributed by atoms with Gasteiger partial charge in [-0.25, -0.2) is 4.79 Å². The maximum atomic E-state index is 12.7. The summed E-state index contributed by atoms with van der Waals surface area (Å²) in [7, 11) is 0. The van der Waals surface area contributed by atoms with E-state index in [0.717, 1.165) is 0 Å². The molecule has 0 aromatic carbocycles. The fourth-order valence-corrected chi connectivity index (χ4v) is 1.54. The first-order valence-electron chi connectivity index (χ1n) is 4.34. The fourth-order valence-electron chi connectivity index (χ4n) is 1.54. The van der Waals surface area contributed by atoms with E-state index in [1.807, 2.05) is 0 Å². The third-order valence-electron chi connectivity index (χ3n) is 2.32. The predicted molar refractivity (Wildman–Crippen MR) is 42.8 cm³/mol. The average molecular weight is 193 g/mol. The molecule has 0 atom stereocenters. The zero-order valence-corrected chi connectivity index (χ0v) is 7.22. The van der Waals surface area contributed by atoms with Gasteiger partial charge in [-0.3, -0.25) is 0 Å². The van der Waals surface area contributed by atoms with Gasteiger partial charge >= 0.3 is 11.9 Å². The van der Waals surface area contributed by atoms with Crippen molar-refractivity contribution < 1.29 is 18.7 Å². The molecule has 0 aromatic heterocycles. The lowest BCUT2D eigenvalue weighted by atomic mass is 9.92. The molecule has 0 unspecified atom stereocenters. The molecule has 76 valence electrons. The van der Waals surface area contributed by atoms with Crippen molar-refractivity contribution in [3.63, 3.8) is 0 Å². The van der Waals surface area contributed by atoms with Crippen molar-refractivity contribution in [2.75, 3.05) is 13.1 Å². The van der Waals surface area contributed by atoms with Crippen LogP contribution in [0.1, 0.15) is 19.3 Å². The van der Waals surface area contributed by atoms with Crippen LogP contribution < -0.4 is 5.32 Å². The number of piperidine rings is 1. The monoisotopic (exact) mass is 193 g/mol. The second-order valence-electron chi connectivity index (χ2n) is 3.41. The number of alkyl halides is 2. The summed E-state index contributed by atoms with van der Waals surface area (Å²) in [6.07, 6.45) is 0.760. The Hall–Kier alpha value is -0.710. The molecular formula is C8H13F2NO2. The molecule has 0 aromatic rings. The van der Waals surface area contributed by atoms with Crippen LogP contribution in [0.4, 0.5) is 8.78 Å². The molecule has 13 heavy (non-hydrogen) atoms. The standard InChI is InChI=1S/C8H13F2NO2/c9-8(10,7(12)13)5-6-1-3-11-4-2-6/h6,11H,1-5H2,(H,12,13). The van der Waals surface area contributed by atoms with E-state index < -0.39 is 18.3 Å². The van der Waals surface area contributed by atoms with E-state index in [4.69, 9.17) is 5.11 Å². The molecule has 1 fully saturated rings. The van der Waals surface area contributed by atoms with E-state index in [1.165, 1.54) is 0 Å². The van der Waals surface area contributed by atoms with Crippen molar-refractivity contribution in [1.82, 2.24) is 5.32 Å². The SMILES string of the molecule is O=C(O)C(F)(F)CC1CCNCC1. The van der Waals surface area contributed by atoms with Crippen LogP contribution in [0.3, 0.4) is 0 Å². The van der Waals surface area contributed by atoms with Crippen molar-refractivity contribution in [2.45, 2.75) is 25.2 Å². The number of carboxylic acid groups (broad SMARTS) is 1. The van der Waals surface area contributed by atoms with Crippen molar-refractivity contribution in [3.05, 3.63) is 0 Å². The van der Waals surface area contributed by atoms with Crippen LogP contribution in [0.5, 0.6) is 0 Å². The summed E-state index contributed by atoms with van der Waals surface area (Å²) in [4.78, 5) is 10.1. The van der Waals surface area contributed by atoms with Crippen LogP contribution >= 0.6 is 0 Å². The second kappa shape index (κ2) is 4.00. The van der Waals surface area contributed by atoms with Gasteiger partial charge in [-0.2, -0.15) is 8.78 Å². The Morgan fingerprint density at radius 3 is 2.46 bits per heavy atom. The van der Waals surface area contributed by atoms with E-state index in [2.05, 4.69) is 5.32 Å². The van der Waals surface area contributed by atoms with Gasteiger partial charge < -0.3 is 10.4 Å². The van der Waals surface area contributed by atoms with Gasteiger partial charge in [0.05, 0.1) is 0 Å².